The molecule has 1 N–H and O–H groups in total. The number of rotatable bonds is 3. The molecular formula is C14H14BrClN2. The minimum atomic E-state index is 0.0266. The molecule has 2 nitrogen and oxygen atoms in total. The zero-order valence-electron chi connectivity index (χ0n) is 10.2. The predicted octanol–water partition coefficient (Wildman–Crippen LogP) is 4.11. The maximum Gasteiger partial charge on any atom is 0.0761 e. The van der Waals surface area contributed by atoms with Gasteiger partial charge in [0, 0.05) is 15.7 Å². The number of nitrogens with one attached hydrogen (secondary N) is 1. The van der Waals surface area contributed by atoms with Gasteiger partial charge in [0.05, 0.1) is 11.7 Å². The summed E-state index contributed by atoms with van der Waals surface area (Å²) in [5.74, 6) is 0. The number of hydrogen-bond donors (Lipinski definition) is 1. The highest BCUT2D eigenvalue weighted by molar-refractivity contribution is 9.10. The second kappa shape index (κ2) is 5.83. The van der Waals surface area contributed by atoms with Crippen molar-refractivity contribution in [1.29, 1.82) is 0 Å². The number of halogens is 2. The van der Waals surface area contributed by atoms with Gasteiger partial charge < -0.3 is 5.32 Å². The third kappa shape index (κ3) is 2.74. The number of pyridine rings is 1. The molecule has 0 bridgehead atoms. The molecule has 2 aromatic rings. The SMILES string of the molecule is CNC(c1ccc(C)c(Cl)c1)c1ncccc1Br. The summed E-state index contributed by atoms with van der Waals surface area (Å²) in [7, 11) is 1.92. The van der Waals surface area contributed by atoms with E-state index in [-0.39, 0.29) is 6.04 Å². The fraction of sp³-hybridized carbons (Fsp3) is 0.214. The van der Waals surface area contributed by atoms with Crippen molar-refractivity contribution in [2.24, 2.45) is 0 Å². The van der Waals surface area contributed by atoms with Gasteiger partial charge in [-0.25, -0.2) is 0 Å². The van der Waals surface area contributed by atoms with Crippen LogP contribution in [-0.4, -0.2) is 12.0 Å². The Morgan fingerprint density at radius 3 is 2.72 bits per heavy atom. The van der Waals surface area contributed by atoms with Gasteiger partial charge in [0.25, 0.3) is 0 Å². The number of aryl methyl sites for hydroxylation is 1. The molecule has 1 aromatic heterocycles. The lowest BCUT2D eigenvalue weighted by atomic mass is 10.0. The van der Waals surface area contributed by atoms with Crippen molar-refractivity contribution >= 4 is 27.5 Å². The van der Waals surface area contributed by atoms with Crippen LogP contribution in [0.25, 0.3) is 0 Å². The summed E-state index contributed by atoms with van der Waals surface area (Å²) >= 11 is 9.71. The first-order valence-electron chi connectivity index (χ1n) is 5.67. The Morgan fingerprint density at radius 2 is 2.11 bits per heavy atom. The van der Waals surface area contributed by atoms with Crippen molar-refractivity contribution in [3.05, 3.63) is 62.8 Å². The Kier molecular flexibility index (Phi) is 4.38. The zero-order chi connectivity index (χ0) is 13.1. The van der Waals surface area contributed by atoms with E-state index in [9.17, 15) is 0 Å². The zero-order valence-corrected chi connectivity index (χ0v) is 12.6. The number of benzene rings is 1. The highest BCUT2D eigenvalue weighted by Gasteiger charge is 2.16. The second-order valence-corrected chi connectivity index (χ2v) is 5.36. The van der Waals surface area contributed by atoms with E-state index in [0.29, 0.717) is 0 Å². The van der Waals surface area contributed by atoms with Crippen LogP contribution in [0.4, 0.5) is 0 Å². The van der Waals surface area contributed by atoms with E-state index in [1.54, 1.807) is 6.20 Å². The molecule has 0 saturated heterocycles. The molecule has 1 unspecified atom stereocenters. The molecule has 0 aliphatic heterocycles. The standard InChI is InChI=1S/C14H14BrClN2/c1-9-5-6-10(8-12(9)16)13(17-2)14-11(15)4-3-7-18-14/h3-8,13,17H,1-2H3. The second-order valence-electron chi connectivity index (χ2n) is 4.10. The highest BCUT2D eigenvalue weighted by Crippen LogP contribution is 2.28. The summed E-state index contributed by atoms with van der Waals surface area (Å²) in [6.45, 7) is 2.00. The Bertz CT molecular complexity index is 557. The van der Waals surface area contributed by atoms with E-state index in [0.717, 1.165) is 26.3 Å². The largest absolute Gasteiger partial charge is 0.308 e. The van der Waals surface area contributed by atoms with E-state index in [4.69, 9.17) is 11.6 Å². The molecule has 94 valence electrons. The fourth-order valence-electron chi connectivity index (χ4n) is 1.86. The van der Waals surface area contributed by atoms with Crippen LogP contribution in [0.1, 0.15) is 22.9 Å². The van der Waals surface area contributed by atoms with Crippen LogP contribution in [-0.2, 0) is 0 Å². The molecule has 18 heavy (non-hydrogen) atoms. The minimum Gasteiger partial charge on any atom is -0.308 e. The molecule has 0 fully saturated rings. The average molecular weight is 326 g/mol. The Balaban J connectivity index is 2.45. The maximum absolute atomic E-state index is 6.18. The molecule has 0 saturated carbocycles. The van der Waals surface area contributed by atoms with Crippen LogP contribution in [0.15, 0.2) is 41.0 Å². The lowest BCUT2D eigenvalue weighted by Gasteiger charge is -2.18. The maximum atomic E-state index is 6.18. The third-order valence-electron chi connectivity index (χ3n) is 2.88. The van der Waals surface area contributed by atoms with Gasteiger partial charge in [-0.15, -0.1) is 0 Å². The lowest BCUT2D eigenvalue weighted by Crippen LogP contribution is -2.19. The summed E-state index contributed by atoms with van der Waals surface area (Å²) in [4.78, 5) is 4.43. The Hall–Kier alpha value is -0.900. The van der Waals surface area contributed by atoms with Gasteiger partial charge in [-0.3, -0.25) is 4.98 Å². The molecular weight excluding hydrogens is 312 g/mol. The molecule has 2 rings (SSSR count). The van der Waals surface area contributed by atoms with Crippen molar-refractivity contribution in [3.63, 3.8) is 0 Å². The molecule has 1 heterocycles. The van der Waals surface area contributed by atoms with Gasteiger partial charge in [0.2, 0.25) is 0 Å². The molecule has 1 aromatic carbocycles. The van der Waals surface area contributed by atoms with E-state index < -0.39 is 0 Å². The summed E-state index contributed by atoms with van der Waals surface area (Å²) in [6.07, 6.45) is 1.79. The molecule has 0 spiro atoms. The molecule has 4 heteroatoms. The van der Waals surface area contributed by atoms with E-state index in [2.05, 4.69) is 32.3 Å². The molecule has 0 amide bonds. The van der Waals surface area contributed by atoms with Crippen LogP contribution in [0, 0.1) is 6.92 Å². The number of hydrogen-bond acceptors (Lipinski definition) is 2. The topological polar surface area (TPSA) is 24.9 Å². The first-order valence-corrected chi connectivity index (χ1v) is 6.84. The molecule has 0 aliphatic carbocycles. The van der Waals surface area contributed by atoms with Crippen LogP contribution >= 0.6 is 27.5 Å². The van der Waals surface area contributed by atoms with Crippen LogP contribution in [0.3, 0.4) is 0 Å². The fourth-order valence-corrected chi connectivity index (χ4v) is 2.53. The number of nitrogens with zero attached hydrogens (tertiary/aromatic N) is 1. The molecule has 0 radical (unpaired) electrons. The third-order valence-corrected chi connectivity index (χ3v) is 3.96. The predicted molar refractivity (Wildman–Crippen MR) is 79.0 cm³/mol. The monoisotopic (exact) mass is 324 g/mol. The van der Waals surface area contributed by atoms with Gasteiger partial charge in [-0.1, -0.05) is 23.7 Å². The van der Waals surface area contributed by atoms with E-state index >= 15 is 0 Å². The minimum absolute atomic E-state index is 0.0266. The van der Waals surface area contributed by atoms with Crippen LogP contribution in [0.2, 0.25) is 5.02 Å². The van der Waals surface area contributed by atoms with Crippen molar-refractivity contribution in [2.75, 3.05) is 7.05 Å². The lowest BCUT2D eigenvalue weighted by molar-refractivity contribution is 0.667. The van der Waals surface area contributed by atoms with Gasteiger partial charge in [-0.2, -0.15) is 0 Å². The van der Waals surface area contributed by atoms with E-state index in [1.165, 1.54) is 0 Å². The Morgan fingerprint density at radius 1 is 1.33 bits per heavy atom. The summed E-state index contributed by atoms with van der Waals surface area (Å²) < 4.78 is 0.987. The van der Waals surface area contributed by atoms with E-state index in [1.807, 2.05) is 38.2 Å². The summed E-state index contributed by atoms with van der Waals surface area (Å²) in [6, 6.07) is 10.0. The highest BCUT2D eigenvalue weighted by atomic mass is 79.9. The normalized spacial score (nSPS) is 12.4. The smallest absolute Gasteiger partial charge is 0.0761 e. The average Bonchev–Trinajstić information content (AvgIpc) is 2.37. The molecule has 1 atom stereocenters. The van der Waals surface area contributed by atoms with Crippen LogP contribution in [0.5, 0.6) is 0 Å². The van der Waals surface area contributed by atoms with Gasteiger partial charge in [-0.05, 0) is 59.2 Å². The quantitative estimate of drug-likeness (QED) is 0.918. The van der Waals surface area contributed by atoms with Crippen molar-refractivity contribution in [3.8, 4) is 0 Å². The molecule has 0 aliphatic rings. The first kappa shape index (κ1) is 13.5. The summed E-state index contributed by atoms with van der Waals surface area (Å²) in [5, 5.41) is 4.05. The van der Waals surface area contributed by atoms with Gasteiger partial charge >= 0.3 is 0 Å². The van der Waals surface area contributed by atoms with Crippen LogP contribution < -0.4 is 5.32 Å². The van der Waals surface area contributed by atoms with Crippen molar-refractivity contribution < 1.29 is 0 Å². The Labute approximate surface area is 121 Å². The van der Waals surface area contributed by atoms with Gasteiger partial charge in [0.15, 0.2) is 0 Å². The number of aromatic nitrogens is 1. The van der Waals surface area contributed by atoms with Crippen molar-refractivity contribution in [1.82, 2.24) is 10.3 Å². The van der Waals surface area contributed by atoms with Crippen molar-refractivity contribution in [2.45, 2.75) is 13.0 Å². The first-order chi connectivity index (χ1) is 8.63. The van der Waals surface area contributed by atoms with Gasteiger partial charge in [0.1, 0.15) is 0 Å². The summed E-state index contributed by atoms with van der Waals surface area (Å²) in [5.41, 5.74) is 3.14.